The summed E-state index contributed by atoms with van der Waals surface area (Å²) in [5.74, 6) is 0.471. The molecule has 0 aliphatic rings. The van der Waals surface area contributed by atoms with Crippen molar-refractivity contribution < 1.29 is 9.59 Å². The monoisotopic (exact) mass is 575 g/mol. The van der Waals surface area contributed by atoms with Gasteiger partial charge in [-0.25, -0.2) is 19.4 Å². The number of aryl methyl sites for hydroxylation is 1. The number of amides is 3. The van der Waals surface area contributed by atoms with Gasteiger partial charge in [0.2, 0.25) is 11.9 Å². The Kier molecular flexibility index (Phi) is 8.15. The van der Waals surface area contributed by atoms with Crippen LogP contribution in [0.2, 0.25) is 0 Å². The maximum absolute atomic E-state index is 13.2. The first-order valence-corrected chi connectivity index (χ1v) is 13.7. The molecule has 3 heterocycles. The quantitative estimate of drug-likeness (QED) is 0.184. The predicted molar refractivity (Wildman–Crippen MR) is 168 cm³/mol. The molecular formula is C32H33N9O2. The van der Waals surface area contributed by atoms with Crippen molar-refractivity contribution in [2.24, 2.45) is 5.73 Å². The molecule has 0 fully saturated rings. The molecule has 3 aromatic heterocycles. The van der Waals surface area contributed by atoms with Gasteiger partial charge in [-0.2, -0.15) is 5.10 Å². The molecule has 0 unspecified atom stereocenters. The van der Waals surface area contributed by atoms with Crippen molar-refractivity contribution in [2.45, 2.75) is 39.5 Å². The lowest BCUT2D eigenvalue weighted by Gasteiger charge is -2.14. The molecule has 11 heteroatoms. The lowest BCUT2D eigenvalue weighted by atomic mass is 9.92. The van der Waals surface area contributed by atoms with E-state index in [1.165, 1.54) is 0 Å². The minimum absolute atomic E-state index is 0.104. The highest BCUT2D eigenvalue weighted by Crippen LogP contribution is 2.28. The van der Waals surface area contributed by atoms with Crippen molar-refractivity contribution in [3.63, 3.8) is 0 Å². The summed E-state index contributed by atoms with van der Waals surface area (Å²) < 4.78 is 1.65. The summed E-state index contributed by atoms with van der Waals surface area (Å²) in [6.07, 6.45) is 5.24. The molecule has 3 amide bonds. The third-order valence-corrected chi connectivity index (χ3v) is 6.61. The molecule has 0 saturated carbocycles. The molecule has 5 rings (SSSR count). The Morgan fingerprint density at radius 2 is 1.79 bits per heavy atom. The molecule has 0 atom stereocenters. The molecule has 5 N–H and O–H groups in total. The highest BCUT2D eigenvalue weighted by atomic mass is 16.2. The van der Waals surface area contributed by atoms with Crippen molar-refractivity contribution in [1.82, 2.24) is 24.7 Å². The van der Waals surface area contributed by atoms with E-state index in [1.807, 2.05) is 94.4 Å². The average molecular weight is 576 g/mol. The number of pyridine rings is 1. The molecule has 218 valence electrons. The van der Waals surface area contributed by atoms with Gasteiger partial charge in [-0.05, 0) is 60.5 Å². The Bertz CT molecular complexity index is 1780. The lowest BCUT2D eigenvalue weighted by Crippen LogP contribution is -2.21. The molecule has 43 heavy (non-hydrogen) atoms. The fraction of sp³-hybridized carbons (Fsp3) is 0.188. The van der Waals surface area contributed by atoms with Crippen LogP contribution in [-0.2, 0) is 16.6 Å². The summed E-state index contributed by atoms with van der Waals surface area (Å²) in [4.78, 5) is 37.8. The van der Waals surface area contributed by atoms with E-state index >= 15 is 0 Å². The van der Waals surface area contributed by atoms with Crippen LogP contribution in [0.1, 0.15) is 37.6 Å². The number of carbonyl (C=O) groups is 2. The average Bonchev–Trinajstić information content (AvgIpc) is 3.40. The molecule has 0 bridgehead atoms. The number of hydrogen-bond acceptors (Lipinski definition) is 7. The van der Waals surface area contributed by atoms with Crippen LogP contribution in [0.3, 0.4) is 0 Å². The number of aromatic nitrogens is 5. The normalized spacial score (nSPS) is 11.2. The molecule has 0 radical (unpaired) electrons. The Labute approximate surface area is 249 Å². The number of urea groups is 1. The van der Waals surface area contributed by atoms with Crippen LogP contribution in [0.15, 0.2) is 85.3 Å². The van der Waals surface area contributed by atoms with Gasteiger partial charge in [0.05, 0.1) is 23.5 Å². The van der Waals surface area contributed by atoms with Crippen LogP contribution in [-0.4, -0.2) is 36.7 Å². The van der Waals surface area contributed by atoms with Crippen LogP contribution in [0.25, 0.3) is 16.9 Å². The standard InChI is InChI=1S/C32H33N9O2/c1-20-10-11-23(17-26(20)38-30-35-14-12-25(37-30)22-8-6-13-34-19-22)36-31(43)39-29-18-27(32(2,3)4)40-41(29)24-9-5-7-21(15-24)16-28(33)42/h5-15,17-19H,16H2,1-4H3,(H2,33,42)(H,35,37,38)(H2,36,39,43). The second-order valence-electron chi connectivity index (χ2n) is 11.1. The van der Waals surface area contributed by atoms with E-state index in [9.17, 15) is 9.59 Å². The van der Waals surface area contributed by atoms with E-state index in [0.717, 1.165) is 33.8 Å². The smallest absolute Gasteiger partial charge is 0.324 e. The van der Waals surface area contributed by atoms with Gasteiger partial charge in [-0.1, -0.05) is 39.0 Å². The Hall–Kier alpha value is -5.58. The van der Waals surface area contributed by atoms with Crippen LogP contribution >= 0.6 is 0 Å². The van der Waals surface area contributed by atoms with E-state index in [-0.39, 0.29) is 11.8 Å². The first kappa shape index (κ1) is 28.9. The molecular weight excluding hydrogens is 542 g/mol. The van der Waals surface area contributed by atoms with Crippen molar-refractivity contribution in [2.75, 3.05) is 16.0 Å². The van der Waals surface area contributed by atoms with Gasteiger partial charge in [0, 0.05) is 47.0 Å². The van der Waals surface area contributed by atoms with Gasteiger partial charge < -0.3 is 16.4 Å². The number of hydrogen-bond donors (Lipinski definition) is 4. The zero-order valence-corrected chi connectivity index (χ0v) is 24.4. The molecule has 11 nitrogen and oxygen atoms in total. The number of carbonyl (C=O) groups excluding carboxylic acids is 2. The fourth-order valence-electron chi connectivity index (χ4n) is 4.36. The van der Waals surface area contributed by atoms with Crippen molar-refractivity contribution in [3.8, 4) is 16.9 Å². The molecule has 0 spiro atoms. The zero-order chi connectivity index (χ0) is 30.6. The van der Waals surface area contributed by atoms with Crippen LogP contribution in [0, 0.1) is 6.92 Å². The van der Waals surface area contributed by atoms with E-state index in [4.69, 9.17) is 10.8 Å². The van der Waals surface area contributed by atoms with Gasteiger partial charge in [-0.3, -0.25) is 15.1 Å². The number of nitrogens with two attached hydrogens (primary N) is 1. The minimum Gasteiger partial charge on any atom is -0.369 e. The number of rotatable bonds is 8. The Morgan fingerprint density at radius 3 is 2.53 bits per heavy atom. The summed E-state index contributed by atoms with van der Waals surface area (Å²) in [5.41, 5.74) is 11.2. The minimum atomic E-state index is -0.445. The number of nitrogens with one attached hydrogen (secondary N) is 3. The van der Waals surface area contributed by atoms with Crippen LogP contribution in [0.4, 0.5) is 27.9 Å². The SMILES string of the molecule is Cc1ccc(NC(=O)Nc2cc(C(C)(C)C)nn2-c2cccc(CC(N)=O)c2)cc1Nc1nccc(-c2cccnc2)n1. The van der Waals surface area contributed by atoms with Gasteiger partial charge in [0.25, 0.3) is 0 Å². The molecule has 0 saturated heterocycles. The van der Waals surface area contributed by atoms with Gasteiger partial charge in [0.15, 0.2) is 0 Å². The van der Waals surface area contributed by atoms with Crippen LogP contribution < -0.4 is 21.7 Å². The summed E-state index contributed by atoms with van der Waals surface area (Å²) in [5, 5.41) is 13.8. The van der Waals surface area contributed by atoms with Crippen molar-refractivity contribution >= 4 is 35.1 Å². The van der Waals surface area contributed by atoms with E-state index in [1.54, 1.807) is 23.3 Å². The predicted octanol–water partition coefficient (Wildman–Crippen LogP) is 5.75. The first-order chi connectivity index (χ1) is 20.5. The van der Waals surface area contributed by atoms with Gasteiger partial charge in [-0.15, -0.1) is 0 Å². The summed E-state index contributed by atoms with van der Waals surface area (Å²) in [7, 11) is 0. The topological polar surface area (TPSA) is 153 Å². The van der Waals surface area contributed by atoms with E-state index < -0.39 is 11.9 Å². The molecule has 0 aliphatic carbocycles. The number of nitrogens with zero attached hydrogens (tertiary/aromatic N) is 5. The first-order valence-electron chi connectivity index (χ1n) is 13.7. The van der Waals surface area contributed by atoms with Gasteiger partial charge in [0.1, 0.15) is 5.82 Å². The number of benzene rings is 2. The molecule has 2 aromatic carbocycles. The Morgan fingerprint density at radius 1 is 0.953 bits per heavy atom. The Balaban J connectivity index is 1.36. The largest absolute Gasteiger partial charge is 0.369 e. The highest BCUT2D eigenvalue weighted by molar-refractivity contribution is 5.99. The third kappa shape index (κ3) is 7.20. The number of anilines is 4. The summed E-state index contributed by atoms with van der Waals surface area (Å²) >= 11 is 0. The van der Waals surface area contributed by atoms with Gasteiger partial charge >= 0.3 is 6.03 Å². The second-order valence-corrected chi connectivity index (χ2v) is 11.1. The summed E-state index contributed by atoms with van der Waals surface area (Å²) in [6.45, 7) is 8.09. The summed E-state index contributed by atoms with van der Waals surface area (Å²) in [6, 6.07) is 19.9. The third-order valence-electron chi connectivity index (χ3n) is 6.61. The maximum Gasteiger partial charge on any atom is 0.324 e. The van der Waals surface area contributed by atoms with Crippen molar-refractivity contribution in [3.05, 3.63) is 102 Å². The number of primary amides is 1. The van der Waals surface area contributed by atoms with Crippen molar-refractivity contribution in [1.29, 1.82) is 0 Å². The molecule has 0 aliphatic heterocycles. The maximum atomic E-state index is 13.2. The van der Waals surface area contributed by atoms with E-state index in [0.29, 0.717) is 23.1 Å². The zero-order valence-electron chi connectivity index (χ0n) is 24.4. The fourth-order valence-corrected chi connectivity index (χ4v) is 4.36. The molecule has 5 aromatic rings. The highest BCUT2D eigenvalue weighted by Gasteiger charge is 2.22. The van der Waals surface area contributed by atoms with Crippen LogP contribution in [0.5, 0.6) is 0 Å². The lowest BCUT2D eigenvalue weighted by molar-refractivity contribution is -0.117. The van der Waals surface area contributed by atoms with E-state index in [2.05, 4.69) is 30.9 Å². The second kappa shape index (κ2) is 12.1.